The lowest BCUT2D eigenvalue weighted by Crippen LogP contribution is -2.22. The fourth-order valence-electron chi connectivity index (χ4n) is 1.41. The maximum Gasteiger partial charge on any atom is 0.348 e. The van der Waals surface area contributed by atoms with Crippen molar-refractivity contribution in [2.75, 3.05) is 0 Å². The molecule has 1 aromatic heterocycles. The maximum absolute atomic E-state index is 11.5. The van der Waals surface area contributed by atoms with Crippen LogP contribution < -0.4 is 5.69 Å². The van der Waals surface area contributed by atoms with Crippen LogP contribution in [-0.4, -0.2) is 9.55 Å². The van der Waals surface area contributed by atoms with Crippen molar-refractivity contribution in [2.24, 2.45) is 7.05 Å². The summed E-state index contributed by atoms with van der Waals surface area (Å²) in [5.74, 6) is 0. The number of rotatable bonds is 1. The molecule has 0 aliphatic heterocycles. The predicted octanol–water partition coefficient (Wildman–Crippen LogP) is 1.76. The van der Waals surface area contributed by atoms with Gasteiger partial charge in [0.25, 0.3) is 0 Å². The van der Waals surface area contributed by atoms with Crippen LogP contribution in [-0.2, 0) is 7.05 Å². The lowest BCUT2D eigenvalue weighted by molar-refractivity contribution is 0.777. The number of aryl methyl sites for hydroxylation is 1. The van der Waals surface area contributed by atoms with Gasteiger partial charge in [0.05, 0.1) is 5.69 Å². The van der Waals surface area contributed by atoms with Crippen LogP contribution >= 0.6 is 0 Å². The van der Waals surface area contributed by atoms with Gasteiger partial charge >= 0.3 is 5.69 Å². The third-order valence-electron chi connectivity index (χ3n) is 2.45. The molecule has 0 unspecified atom stereocenters. The van der Waals surface area contributed by atoms with E-state index in [1.54, 1.807) is 7.05 Å². The molecule has 2 rings (SSSR count). The molecule has 0 fully saturated rings. The van der Waals surface area contributed by atoms with E-state index in [1.165, 1.54) is 4.57 Å². The molecule has 0 amide bonds. The van der Waals surface area contributed by atoms with Gasteiger partial charge in [-0.3, -0.25) is 4.57 Å². The van der Waals surface area contributed by atoms with Crippen molar-refractivity contribution >= 4 is 0 Å². The van der Waals surface area contributed by atoms with E-state index in [-0.39, 0.29) is 5.69 Å². The fraction of sp³-hybridized carbons (Fsp3) is 0.167. The maximum atomic E-state index is 11.5. The molecule has 76 valence electrons. The van der Waals surface area contributed by atoms with Gasteiger partial charge in [0.1, 0.15) is 0 Å². The molecule has 1 aromatic carbocycles. The molecule has 3 heteroatoms. The minimum absolute atomic E-state index is 0.214. The molecule has 0 atom stereocenters. The summed E-state index contributed by atoms with van der Waals surface area (Å²) < 4.78 is 1.53. The van der Waals surface area contributed by atoms with E-state index in [2.05, 4.69) is 4.98 Å². The Kier molecular flexibility index (Phi) is 2.37. The van der Waals surface area contributed by atoms with Crippen molar-refractivity contribution in [3.63, 3.8) is 0 Å². The first kappa shape index (κ1) is 9.65. The summed E-state index contributed by atoms with van der Waals surface area (Å²) in [6, 6.07) is 11.6. The van der Waals surface area contributed by atoms with Crippen molar-refractivity contribution in [1.82, 2.24) is 9.55 Å². The van der Waals surface area contributed by atoms with Gasteiger partial charge in [0, 0.05) is 18.3 Å². The van der Waals surface area contributed by atoms with Gasteiger partial charge in [-0.2, -0.15) is 4.98 Å². The average molecular weight is 200 g/mol. The Bertz CT molecular complexity index is 529. The van der Waals surface area contributed by atoms with E-state index in [9.17, 15) is 4.79 Å². The Morgan fingerprint density at radius 1 is 1.20 bits per heavy atom. The van der Waals surface area contributed by atoms with Gasteiger partial charge in [0.2, 0.25) is 0 Å². The second-order valence-electron chi connectivity index (χ2n) is 3.49. The largest absolute Gasteiger partial charge is 0.348 e. The number of hydrogen-bond donors (Lipinski definition) is 0. The molecule has 2 aromatic rings. The SMILES string of the molecule is Cc1cc(-c2ccccc2)nc(=O)n1C. The average Bonchev–Trinajstić information content (AvgIpc) is 2.26. The zero-order valence-electron chi connectivity index (χ0n) is 8.77. The first-order chi connectivity index (χ1) is 7.18. The van der Waals surface area contributed by atoms with Crippen molar-refractivity contribution in [1.29, 1.82) is 0 Å². The quantitative estimate of drug-likeness (QED) is 0.703. The summed E-state index contributed by atoms with van der Waals surface area (Å²) in [5, 5.41) is 0. The highest BCUT2D eigenvalue weighted by Crippen LogP contribution is 2.15. The molecule has 0 aliphatic rings. The third kappa shape index (κ3) is 1.81. The normalized spacial score (nSPS) is 10.3. The highest BCUT2D eigenvalue weighted by Gasteiger charge is 2.03. The minimum Gasteiger partial charge on any atom is -0.300 e. The Hall–Kier alpha value is -1.90. The molecule has 3 nitrogen and oxygen atoms in total. The van der Waals surface area contributed by atoms with Gasteiger partial charge in [0.15, 0.2) is 0 Å². The lowest BCUT2D eigenvalue weighted by Gasteiger charge is -2.05. The smallest absolute Gasteiger partial charge is 0.300 e. The highest BCUT2D eigenvalue weighted by molar-refractivity contribution is 5.58. The standard InChI is InChI=1S/C12H12N2O/c1-9-8-11(13-12(15)14(9)2)10-6-4-3-5-7-10/h3-8H,1-2H3. The summed E-state index contributed by atoms with van der Waals surface area (Å²) in [5.41, 5.74) is 2.40. The zero-order chi connectivity index (χ0) is 10.8. The monoisotopic (exact) mass is 200 g/mol. The van der Waals surface area contributed by atoms with E-state index in [1.807, 2.05) is 43.3 Å². The van der Waals surface area contributed by atoms with Crippen molar-refractivity contribution in [3.05, 3.63) is 52.6 Å². The first-order valence-corrected chi connectivity index (χ1v) is 4.78. The van der Waals surface area contributed by atoms with Crippen LogP contribution in [0, 0.1) is 6.92 Å². The molecule has 0 aliphatic carbocycles. The van der Waals surface area contributed by atoms with Crippen LogP contribution in [0.15, 0.2) is 41.2 Å². The van der Waals surface area contributed by atoms with E-state index in [0.717, 1.165) is 17.0 Å². The molecular weight excluding hydrogens is 188 g/mol. The van der Waals surface area contributed by atoms with Gasteiger partial charge in [-0.15, -0.1) is 0 Å². The van der Waals surface area contributed by atoms with Crippen molar-refractivity contribution < 1.29 is 0 Å². The van der Waals surface area contributed by atoms with Gasteiger partial charge in [-0.1, -0.05) is 30.3 Å². The Morgan fingerprint density at radius 3 is 2.47 bits per heavy atom. The summed E-state index contributed by atoms with van der Waals surface area (Å²) >= 11 is 0. The number of nitrogens with zero attached hydrogens (tertiary/aromatic N) is 2. The van der Waals surface area contributed by atoms with Gasteiger partial charge < -0.3 is 0 Å². The van der Waals surface area contributed by atoms with Crippen LogP contribution in [0.4, 0.5) is 0 Å². The fourth-order valence-corrected chi connectivity index (χ4v) is 1.41. The molecule has 15 heavy (non-hydrogen) atoms. The van der Waals surface area contributed by atoms with E-state index < -0.39 is 0 Å². The number of benzene rings is 1. The Morgan fingerprint density at radius 2 is 1.87 bits per heavy atom. The number of hydrogen-bond acceptors (Lipinski definition) is 2. The first-order valence-electron chi connectivity index (χ1n) is 4.78. The van der Waals surface area contributed by atoms with Crippen molar-refractivity contribution in [2.45, 2.75) is 6.92 Å². The van der Waals surface area contributed by atoms with Crippen LogP contribution in [0.2, 0.25) is 0 Å². The van der Waals surface area contributed by atoms with Crippen LogP contribution in [0.1, 0.15) is 5.69 Å². The van der Waals surface area contributed by atoms with E-state index >= 15 is 0 Å². The highest BCUT2D eigenvalue weighted by atomic mass is 16.1. The predicted molar refractivity (Wildman–Crippen MR) is 59.7 cm³/mol. The van der Waals surface area contributed by atoms with Crippen LogP contribution in [0.5, 0.6) is 0 Å². The summed E-state index contributed by atoms with van der Waals surface area (Å²) in [6.07, 6.45) is 0. The second kappa shape index (κ2) is 3.69. The summed E-state index contributed by atoms with van der Waals surface area (Å²) in [6.45, 7) is 1.90. The van der Waals surface area contributed by atoms with Gasteiger partial charge in [-0.25, -0.2) is 4.79 Å². The third-order valence-corrected chi connectivity index (χ3v) is 2.45. The van der Waals surface area contributed by atoms with E-state index in [4.69, 9.17) is 0 Å². The molecule has 0 saturated carbocycles. The molecule has 0 N–H and O–H groups in total. The lowest BCUT2D eigenvalue weighted by atomic mass is 10.1. The second-order valence-corrected chi connectivity index (χ2v) is 3.49. The molecule has 1 heterocycles. The molecule has 0 spiro atoms. The van der Waals surface area contributed by atoms with Gasteiger partial charge in [-0.05, 0) is 13.0 Å². The van der Waals surface area contributed by atoms with Crippen LogP contribution in [0.3, 0.4) is 0 Å². The Balaban J connectivity index is 2.61. The summed E-state index contributed by atoms with van der Waals surface area (Å²) in [4.78, 5) is 15.5. The number of aromatic nitrogens is 2. The Labute approximate surface area is 88.0 Å². The molecule has 0 bridgehead atoms. The summed E-state index contributed by atoms with van der Waals surface area (Å²) in [7, 11) is 1.72. The minimum atomic E-state index is -0.214. The molecular formula is C12H12N2O. The van der Waals surface area contributed by atoms with E-state index in [0.29, 0.717) is 0 Å². The topological polar surface area (TPSA) is 34.9 Å². The zero-order valence-corrected chi connectivity index (χ0v) is 8.77. The van der Waals surface area contributed by atoms with Crippen LogP contribution in [0.25, 0.3) is 11.3 Å². The molecule has 0 radical (unpaired) electrons. The van der Waals surface area contributed by atoms with Crippen molar-refractivity contribution in [3.8, 4) is 11.3 Å². The molecule has 0 saturated heterocycles.